The molecule has 1 saturated heterocycles. The average molecular weight is 376 g/mol. The van der Waals surface area contributed by atoms with E-state index in [0.717, 1.165) is 16.5 Å². The largest absolute Gasteiger partial charge is 0.394 e. The Morgan fingerprint density at radius 1 is 0.923 bits per heavy atom. The van der Waals surface area contributed by atoms with E-state index in [1.165, 1.54) is 0 Å². The Hall–Kier alpha value is -2.52. The van der Waals surface area contributed by atoms with Crippen LogP contribution in [0.1, 0.15) is 5.56 Å². The fourth-order valence-corrected chi connectivity index (χ4v) is 3.19. The fourth-order valence-electron chi connectivity index (χ4n) is 2.93. The lowest BCUT2D eigenvalue weighted by atomic mass is 10.0. The van der Waals surface area contributed by atoms with E-state index in [9.17, 15) is 19.5 Å². The second-order valence-corrected chi connectivity index (χ2v) is 6.48. The van der Waals surface area contributed by atoms with E-state index in [1.54, 1.807) is 6.20 Å². The molecule has 3 atom stereocenters. The number of aromatic nitrogens is 1. The van der Waals surface area contributed by atoms with Crippen LogP contribution in [-0.2, 0) is 20.8 Å². The Bertz CT molecular complexity index is 835. The Morgan fingerprint density at radius 2 is 1.54 bits per heavy atom. The SMILES string of the molecule is O=C1N[C@@H](CS)C(=O)N[C@@H](Cc2c[nH]c3ccccc23)C(=O)N[C@H]1CO. The van der Waals surface area contributed by atoms with Gasteiger partial charge >= 0.3 is 0 Å². The first kappa shape index (κ1) is 18.3. The number of rotatable bonds is 4. The molecule has 1 aromatic carbocycles. The Kier molecular flexibility index (Phi) is 5.48. The zero-order valence-electron chi connectivity index (χ0n) is 13.9. The predicted molar refractivity (Wildman–Crippen MR) is 98.7 cm³/mol. The topological polar surface area (TPSA) is 123 Å². The maximum Gasteiger partial charge on any atom is 0.245 e. The Morgan fingerprint density at radius 3 is 2.27 bits per heavy atom. The van der Waals surface area contributed by atoms with Crippen molar-refractivity contribution in [1.29, 1.82) is 0 Å². The van der Waals surface area contributed by atoms with Crippen LogP contribution in [0.15, 0.2) is 30.5 Å². The summed E-state index contributed by atoms with van der Waals surface area (Å²) in [4.78, 5) is 40.2. The lowest BCUT2D eigenvalue weighted by Gasteiger charge is -2.19. The highest BCUT2D eigenvalue weighted by molar-refractivity contribution is 7.80. The molecule has 9 heteroatoms. The number of para-hydroxylation sites is 1. The number of aliphatic hydroxyl groups excluding tert-OH is 1. The average Bonchev–Trinajstić information content (AvgIpc) is 3.06. The van der Waals surface area contributed by atoms with Crippen molar-refractivity contribution in [3.63, 3.8) is 0 Å². The van der Waals surface area contributed by atoms with Gasteiger partial charge in [0, 0.05) is 29.3 Å². The molecule has 5 N–H and O–H groups in total. The summed E-state index contributed by atoms with van der Waals surface area (Å²) in [6.45, 7) is -0.565. The first-order valence-corrected chi connectivity index (χ1v) is 8.84. The molecule has 138 valence electrons. The van der Waals surface area contributed by atoms with Crippen LogP contribution in [0, 0.1) is 0 Å². The third kappa shape index (κ3) is 3.68. The quantitative estimate of drug-likeness (QED) is 0.387. The molecule has 0 unspecified atom stereocenters. The fraction of sp³-hybridized carbons (Fsp3) is 0.353. The van der Waals surface area contributed by atoms with Gasteiger partial charge in [-0.15, -0.1) is 0 Å². The Labute approximate surface area is 155 Å². The number of amides is 3. The van der Waals surface area contributed by atoms with Crippen molar-refractivity contribution in [3.05, 3.63) is 36.0 Å². The number of nitrogens with one attached hydrogen (secondary N) is 4. The van der Waals surface area contributed by atoms with E-state index >= 15 is 0 Å². The molecule has 8 nitrogen and oxygen atoms in total. The maximum atomic E-state index is 12.6. The van der Waals surface area contributed by atoms with E-state index in [4.69, 9.17) is 0 Å². The molecular weight excluding hydrogens is 356 g/mol. The van der Waals surface area contributed by atoms with Crippen molar-refractivity contribution in [2.45, 2.75) is 24.5 Å². The van der Waals surface area contributed by atoms with Crippen molar-refractivity contribution in [2.24, 2.45) is 0 Å². The van der Waals surface area contributed by atoms with E-state index in [0.29, 0.717) is 0 Å². The summed E-state index contributed by atoms with van der Waals surface area (Å²) < 4.78 is 0. The van der Waals surface area contributed by atoms with E-state index < -0.39 is 42.5 Å². The third-order valence-corrected chi connectivity index (χ3v) is 4.73. The number of carbonyl (C=O) groups is 3. The predicted octanol–water partition coefficient (Wildman–Crippen LogP) is -0.899. The van der Waals surface area contributed by atoms with Crippen LogP contribution in [0.5, 0.6) is 0 Å². The number of benzene rings is 1. The number of aliphatic hydroxyl groups is 1. The molecule has 0 radical (unpaired) electrons. The van der Waals surface area contributed by atoms with Crippen molar-refractivity contribution in [3.8, 4) is 0 Å². The van der Waals surface area contributed by atoms with Gasteiger partial charge < -0.3 is 26.0 Å². The van der Waals surface area contributed by atoms with Gasteiger partial charge in [0.15, 0.2) is 0 Å². The zero-order valence-corrected chi connectivity index (χ0v) is 14.8. The first-order chi connectivity index (χ1) is 12.5. The summed E-state index contributed by atoms with van der Waals surface area (Å²) in [6, 6.07) is 4.74. The van der Waals surface area contributed by atoms with Crippen LogP contribution >= 0.6 is 12.6 Å². The minimum Gasteiger partial charge on any atom is -0.394 e. The molecule has 2 aromatic rings. The second kappa shape index (κ2) is 7.79. The van der Waals surface area contributed by atoms with Crippen LogP contribution in [-0.4, -0.2) is 58.3 Å². The van der Waals surface area contributed by atoms with E-state index in [1.807, 2.05) is 24.3 Å². The smallest absolute Gasteiger partial charge is 0.245 e. The normalized spacial score (nSPS) is 24.2. The molecule has 26 heavy (non-hydrogen) atoms. The highest BCUT2D eigenvalue weighted by Crippen LogP contribution is 2.19. The van der Waals surface area contributed by atoms with Crippen molar-refractivity contribution >= 4 is 41.3 Å². The number of hydrogen-bond acceptors (Lipinski definition) is 5. The highest BCUT2D eigenvalue weighted by Gasteiger charge is 2.33. The van der Waals surface area contributed by atoms with Crippen molar-refractivity contribution in [2.75, 3.05) is 12.4 Å². The number of fused-ring (bicyclic) bond motifs is 1. The van der Waals surface area contributed by atoms with Gasteiger partial charge in [-0.05, 0) is 11.6 Å². The van der Waals surface area contributed by atoms with Gasteiger partial charge in [-0.1, -0.05) is 18.2 Å². The summed E-state index contributed by atoms with van der Waals surface area (Å²) in [6.07, 6.45) is 2.03. The summed E-state index contributed by atoms with van der Waals surface area (Å²) in [5, 5.41) is 18.0. The van der Waals surface area contributed by atoms with Crippen molar-refractivity contribution in [1.82, 2.24) is 20.9 Å². The van der Waals surface area contributed by atoms with Crippen LogP contribution in [0.3, 0.4) is 0 Å². The van der Waals surface area contributed by atoms with E-state index in [2.05, 4.69) is 33.6 Å². The third-order valence-electron chi connectivity index (χ3n) is 4.36. The molecule has 0 saturated carbocycles. The van der Waals surface area contributed by atoms with Gasteiger partial charge in [-0.3, -0.25) is 14.4 Å². The molecule has 2 heterocycles. The second-order valence-electron chi connectivity index (χ2n) is 6.11. The molecule has 3 amide bonds. The minimum atomic E-state index is -1.12. The first-order valence-electron chi connectivity index (χ1n) is 8.21. The molecule has 0 spiro atoms. The zero-order chi connectivity index (χ0) is 18.7. The van der Waals surface area contributed by atoms with Crippen LogP contribution in [0.2, 0.25) is 0 Å². The maximum absolute atomic E-state index is 12.6. The molecule has 1 fully saturated rings. The van der Waals surface area contributed by atoms with Gasteiger partial charge in [-0.25, -0.2) is 0 Å². The van der Waals surface area contributed by atoms with Gasteiger partial charge in [0.25, 0.3) is 0 Å². The van der Waals surface area contributed by atoms with Gasteiger partial charge in [0.1, 0.15) is 18.1 Å². The summed E-state index contributed by atoms with van der Waals surface area (Å²) in [7, 11) is 0. The van der Waals surface area contributed by atoms with Crippen LogP contribution in [0.4, 0.5) is 0 Å². The number of aromatic amines is 1. The number of hydrogen-bond donors (Lipinski definition) is 6. The molecular formula is C17H20N4O4S. The lowest BCUT2D eigenvalue weighted by molar-refractivity contribution is -0.130. The molecule has 1 aliphatic rings. The van der Waals surface area contributed by atoms with Crippen molar-refractivity contribution < 1.29 is 19.5 Å². The standard InChI is InChI=1S/C17H20N4O4S/c22-7-13-16(24)21-14(8-26)17(25)19-12(15(23)20-13)5-9-6-18-11-4-2-1-3-10(9)11/h1-4,6,12-14,18,22,26H,5,7-8H2,(H,19,25)(H,20,23)(H,21,24)/t12-,13-,14-/m0/s1. The number of H-pyrrole nitrogens is 1. The highest BCUT2D eigenvalue weighted by atomic mass is 32.1. The number of thiol groups is 1. The molecule has 1 aliphatic heterocycles. The minimum absolute atomic E-state index is 0.0731. The van der Waals surface area contributed by atoms with Crippen LogP contribution in [0.25, 0.3) is 10.9 Å². The molecule has 0 aliphatic carbocycles. The molecule has 1 aromatic heterocycles. The summed E-state index contributed by atoms with van der Waals surface area (Å²) in [5.41, 5.74) is 1.79. The number of carbonyl (C=O) groups excluding carboxylic acids is 3. The van der Waals surface area contributed by atoms with Gasteiger partial charge in [-0.2, -0.15) is 12.6 Å². The van der Waals surface area contributed by atoms with Crippen LogP contribution < -0.4 is 16.0 Å². The molecule has 0 bridgehead atoms. The van der Waals surface area contributed by atoms with Gasteiger partial charge in [0.05, 0.1) is 6.61 Å². The monoisotopic (exact) mass is 376 g/mol. The Balaban J connectivity index is 1.89. The summed E-state index contributed by atoms with van der Waals surface area (Å²) >= 11 is 4.08. The lowest BCUT2D eigenvalue weighted by Crippen LogP contribution is -2.52. The summed E-state index contributed by atoms with van der Waals surface area (Å²) in [5.74, 6) is -1.57. The molecule has 3 rings (SSSR count). The van der Waals surface area contributed by atoms with Gasteiger partial charge in [0.2, 0.25) is 17.7 Å². The van der Waals surface area contributed by atoms with E-state index in [-0.39, 0.29) is 12.2 Å².